The number of rotatable bonds is 6. The van der Waals surface area contributed by atoms with Gasteiger partial charge in [-0.05, 0) is 43.3 Å². The van der Waals surface area contributed by atoms with E-state index in [4.69, 9.17) is 4.74 Å². The third-order valence-electron chi connectivity index (χ3n) is 5.82. The Bertz CT molecular complexity index is 1390. The maximum atomic E-state index is 13.6. The van der Waals surface area contributed by atoms with Gasteiger partial charge in [0.1, 0.15) is 17.7 Å². The lowest BCUT2D eigenvalue weighted by molar-refractivity contribution is 0.206. The molecule has 0 saturated carbocycles. The lowest BCUT2D eigenvalue weighted by Gasteiger charge is -2.13. The summed E-state index contributed by atoms with van der Waals surface area (Å²) in [4.78, 5) is 23.5. The van der Waals surface area contributed by atoms with Crippen LogP contribution in [0.4, 0.5) is 8.78 Å². The standard InChI is InChI=1S/C26H23F2N5O2/c1-32-8-7-22(16-32)35-23-13-29-26(30-14-23)18-4-2-3-17(9-18)15-33-25(34)6-5-24(31-33)19-10-20(27)12-21(28)11-19/h2-6,9-14,22H,7-8,15-16H2,1H3/t22-/m0/s1. The minimum Gasteiger partial charge on any atom is -0.486 e. The Morgan fingerprint density at radius 1 is 1.00 bits per heavy atom. The molecule has 1 aliphatic heterocycles. The van der Waals surface area contributed by atoms with E-state index in [-0.39, 0.29) is 23.8 Å². The van der Waals surface area contributed by atoms with Crippen LogP contribution in [-0.2, 0) is 6.54 Å². The SMILES string of the molecule is CN1CC[C@H](Oc2cnc(-c3cccc(Cn4nc(-c5cc(F)cc(F)c5)ccc4=O)c3)nc2)C1. The zero-order chi connectivity index (χ0) is 24.4. The van der Waals surface area contributed by atoms with Gasteiger partial charge in [-0.3, -0.25) is 4.79 Å². The zero-order valence-electron chi connectivity index (χ0n) is 19.1. The second-order valence-electron chi connectivity index (χ2n) is 8.61. The van der Waals surface area contributed by atoms with Crippen molar-refractivity contribution in [2.45, 2.75) is 19.1 Å². The molecule has 0 radical (unpaired) electrons. The lowest BCUT2D eigenvalue weighted by Crippen LogP contribution is -2.22. The minimum absolute atomic E-state index is 0.142. The predicted molar refractivity (Wildman–Crippen MR) is 127 cm³/mol. The van der Waals surface area contributed by atoms with Gasteiger partial charge >= 0.3 is 0 Å². The molecule has 7 nitrogen and oxygen atoms in total. The number of hydrogen-bond acceptors (Lipinski definition) is 6. The second-order valence-corrected chi connectivity index (χ2v) is 8.61. The maximum Gasteiger partial charge on any atom is 0.267 e. The van der Waals surface area contributed by atoms with Crippen LogP contribution < -0.4 is 10.3 Å². The van der Waals surface area contributed by atoms with Crippen molar-refractivity contribution in [2.24, 2.45) is 0 Å². The van der Waals surface area contributed by atoms with Gasteiger partial charge in [-0.15, -0.1) is 0 Å². The molecule has 2 aromatic heterocycles. The van der Waals surface area contributed by atoms with Gasteiger partial charge in [-0.25, -0.2) is 23.4 Å². The van der Waals surface area contributed by atoms with Gasteiger partial charge in [0.25, 0.3) is 5.56 Å². The predicted octanol–water partition coefficient (Wildman–Crippen LogP) is 3.78. The summed E-state index contributed by atoms with van der Waals surface area (Å²) in [6.07, 6.45) is 4.45. The maximum absolute atomic E-state index is 13.6. The van der Waals surface area contributed by atoms with Crippen LogP contribution in [0.3, 0.4) is 0 Å². The molecule has 1 fully saturated rings. The van der Waals surface area contributed by atoms with E-state index in [9.17, 15) is 13.6 Å². The van der Waals surface area contributed by atoms with Gasteiger partial charge in [0.05, 0.1) is 24.6 Å². The fraction of sp³-hybridized carbons (Fsp3) is 0.231. The molecular weight excluding hydrogens is 452 g/mol. The zero-order valence-corrected chi connectivity index (χ0v) is 19.1. The highest BCUT2D eigenvalue weighted by molar-refractivity contribution is 5.58. The van der Waals surface area contributed by atoms with Crippen LogP contribution in [-0.4, -0.2) is 50.9 Å². The Labute approximate surface area is 200 Å². The summed E-state index contributed by atoms with van der Waals surface area (Å²) in [7, 11) is 2.07. The number of aromatic nitrogens is 4. The summed E-state index contributed by atoms with van der Waals surface area (Å²) in [5.74, 6) is -0.253. The number of halogens is 2. The Morgan fingerprint density at radius 2 is 1.77 bits per heavy atom. The van der Waals surface area contributed by atoms with Crippen molar-refractivity contribution in [1.29, 1.82) is 0 Å². The molecule has 5 rings (SSSR count). The number of nitrogens with zero attached hydrogens (tertiary/aromatic N) is 5. The fourth-order valence-electron chi connectivity index (χ4n) is 4.11. The van der Waals surface area contributed by atoms with E-state index >= 15 is 0 Å². The van der Waals surface area contributed by atoms with Crippen LogP contribution in [0.2, 0.25) is 0 Å². The van der Waals surface area contributed by atoms with Crippen LogP contribution in [0.25, 0.3) is 22.6 Å². The first-order chi connectivity index (χ1) is 16.9. The van der Waals surface area contributed by atoms with Gasteiger partial charge < -0.3 is 9.64 Å². The highest BCUT2D eigenvalue weighted by Gasteiger charge is 2.21. The van der Waals surface area contributed by atoms with Crippen molar-refractivity contribution in [1.82, 2.24) is 24.6 Å². The van der Waals surface area contributed by atoms with Crippen molar-refractivity contribution in [3.8, 4) is 28.4 Å². The topological polar surface area (TPSA) is 73.1 Å². The molecule has 1 atom stereocenters. The van der Waals surface area contributed by atoms with Crippen molar-refractivity contribution in [2.75, 3.05) is 20.1 Å². The molecule has 2 aromatic carbocycles. The monoisotopic (exact) mass is 475 g/mol. The lowest BCUT2D eigenvalue weighted by atomic mass is 10.1. The molecule has 0 aliphatic carbocycles. The number of benzene rings is 2. The van der Waals surface area contributed by atoms with Crippen molar-refractivity contribution >= 4 is 0 Å². The summed E-state index contributed by atoms with van der Waals surface area (Å²) in [5, 5.41) is 4.31. The average molecular weight is 475 g/mol. The van der Waals surface area contributed by atoms with Gasteiger partial charge in [0, 0.05) is 36.3 Å². The summed E-state index contributed by atoms with van der Waals surface area (Å²) in [6.45, 7) is 2.07. The molecule has 1 saturated heterocycles. The molecule has 0 spiro atoms. The Morgan fingerprint density at radius 3 is 2.49 bits per heavy atom. The number of hydrogen-bond donors (Lipinski definition) is 0. The van der Waals surface area contributed by atoms with Gasteiger partial charge in [-0.2, -0.15) is 5.10 Å². The highest BCUT2D eigenvalue weighted by Crippen LogP contribution is 2.22. The van der Waals surface area contributed by atoms with Crippen LogP contribution in [0.5, 0.6) is 5.75 Å². The quantitative estimate of drug-likeness (QED) is 0.423. The van der Waals surface area contributed by atoms with E-state index in [0.717, 1.165) is 36.7 Å². The highest BCUT2D eigenvalue weighted by atomic mass is 19.1. The first-order valence-corrected chi connectivity index (χ1v) is 11.2. The molecule has 3 heterocycles. The van der Waals surface area contributed by atoms with Crippen LogP contribution in [0.15, 0.2) is 71.8 Å². The summed E-state index contributed by atoms with van der Waals surface area (Å²) < 4.78 is 34.5. The third-order valence-corrected chi connectivity index (χ3v) is 5.82. The van der Waals surface area contributed by atoms with Crippen LogP contribution in [0.1, 0.15) is 12.0 Å². The molecule has 0 amide bonds. The van der Waals surface area contributed by atoms with E-state index in [1.165, 1.54) is 28.9 Å². The van der Waals surface area contributed by atoms with Gasteiger partial charge in [0.2, 0.25) is 0 Å². The third kappa shape index (κ3) is 5.41. The van der Waals surface area contributed by atoms with E-state index < -0.39 is 11.6 Å². The minimum atomic E-state index is -0.709. The summed E-state index contributed by atoms with van der Waals surface area (Å²) in [6, 6.07) is 13.4. The smallest absolute Gasteiger partial charge is 0.267 e. The first-order valence-electron chi connectivity index (χ1n) is 11.2. The molecule has 35 heavy (non-hydrogen) atoms. The van der Waals surface area contributed by atoms with E-state index in [1.54, 1.807) is 12.4 Å². The molecule has 0 N–H and O–H groups in total. The molecule has 1 aliphatic rings. The Kier molecular flexibility index (Phi) is 6.33. The van der Waals surface area contributed by atoms with E-state index in [2.05, 4.69) is 27.0 Å². The van der Waals surface area contributed by atoms with Crippen molar-refractivity contribution in [3.63, 3.8) is 0 Å². The van der Waals surface area contributed by atoms with Crippen LogP contribution in [0, 0.1) is 11.6 Å². The Balaban J connectivity index is 1.34. The largest absolute Gasteiger partial charge is 0.486 e. The first kappa shape index (κ1) is 22.8. The van der Waals surface area contributed by atoms with E-state index in [1.807, 2.05) is 24.3 Å². The van der Waals surface area contributed by atoms with E-state index in [0.29, 0.717) is 17.3 Å². The van der Waals surface area contributed by atoms with Gasteiger partial charge in [0.15, 0.2) is 11.6 Å². The van der Waals surface area contributed by atoms with Gasteiger partial charge in [-0.1, -0.05) is 18.2 Å². The summed E-state index contributed by atoms with van der Waals surface area (Å²) in [5.41, 5.74) is 1.81. The van der Waals surface area contributed by atoms with Crippen LogP contribution >= 0.6 is 0 Å². The molecule has 4 aromatic rings. The number of likely N-dealkylation sites (tertiary alicyclic amines) is 1. The Hall–Kier alpha value is -3.98. The second kappa shape index (κ2) is 9.71. The molecule has 0 bridgehead atoms. The number of likely N-dealkylation sites (N-methyl/N-ethyl adjacent to an activating group) is 1. The molecule has 178 valence electrons. The average Bonchev–Trinajstić information content (AvgIpc) is 3.25. The normalized spacial score (nSPS) is 15.9. The molecule has 0 unspecified atom stereocenters. The van der Waals surface area contributed by atoms with Crippen molar-refractivity contribution in [3.05, 3.63) is 94.5 Å². The number of ether oxygens (including phenoxy) is 1. The fourth-order valence-corrected chi connectivity index (χ4v) is 4.11. The van der Waals surface area contributed by atoms with Crippen molar-refractivity contribution < 1.29 is 13.5 Å². The molecule has 9 heteroatoms. The summed E-state index contributed by atoms with van der Waals surface area (Å²) >= 11 is 0. The molecular formula is C26H23F2N5O2.